The summed E-state index contributed by atoms with van der Waals surface area (Å²) in [6.07, 6.45) is 2.42. The highest BCUT2D eigenvalue weighted by Gasteiger charge is 2.31. The lowest BCUT2D eigenvalue weighted by atomic mass is 10.00. The number of nitrogens with two attached hydrogens (primary N) is 1. The first kappa shape index (κ1) is 16.4. The van der Waals surface area contributed by atoms with Gasteiger partial charge in [0.15, 0.2) is 0 Å². The topological polar surface area (TPSA) is 97.4 Å². The highest BCUT2D eigenvalue weighted by molar-refractivity contribution is 6.23. The fourth-order valence-electron chi connectivity index (χ4n) is 3.78. The van der Waals surface area contributed by atoms with E-state index in [9.17, 15) is 14.4 Å². The number of fused-ring (bicyclic) bond motifs is 1. The van der Waals surface area contributed by atoms with Crippen LogP contribution in [0.15, 0.2) is 35.1 Å². The molecule has 7 heteroatoms. The molecule has 3 N–H and O–H groups in total. The summed E-state index contributed by atoms with van der Waals surface area (Å²) in [5.74, 6) is -0.518. The summed E-state index contributed by atoms with van der Waals surface area (Å²) in [5.41, 5.74) is 7.38. The molecule has 2 amide bonds. The second-order valence-corrected chi connectivity index (χ2v) is 6.98. The molecular formula is C19H20N4O3. The van der Waals surface area contributed by atoms with Gasteiger partial charge in [-0.2, -0.15) is 0 Å². The molecule has 2 aliphatic rings. The number of anilines is 2. The van der Waals surface area contributed by atoms with Crippen molar-refractivity contribution in [3.8, 4) is 5.69 Å². The van der Waals surface area contributed by atoms with Gasteiger partial charge in [0, 0.05) is 24.8 Å². The van der Waals surface area contributed by atoms with Crippen molar-refractivity contribution in [3.63, 3.8) is 0 Å². The third-order valence-corrected chi connectivity index (χ3v) is 5.08. The molecule has 3 heterocycles. The molecule has 1 saturated heterocycles. The zero-order valence-corrected chi connectivity index (χ0v) is 14.5. The van der Waals surface area contributed by atoms with Gasteiger partial charge in [-0.05, 0) is 43.0 Å². The van der Waals surface area contributed by atoms with Crippen LogP contribution >= 0.6 is 0 Å². The van der Waals surface area contributed by atoms with Gasteiger partial charge in [-0.3, -0.25) is 24.3 Å². The summed E-state index contributed by atoms with van der Waals surface area (Å²) in [6, 6.07) is 8.70. The Hall–Kier alpha value is -3.09. The molecule has 1 fully saturated rings. The summed E-state index contributed by atoms with van der Waals surface area (Å²) in [7, 11) is 0. The van der Waals surface area contributed by atoms with Gasteiger partial charge in [0.25, 0.3) is 17.4 Å². The molecule has 26 heavy (non-hydrogen) atoms. The van der Waals surface area contributed by atoms with Crippen LogP contribution in [-0.2, 0) is 0 Å². The number of carbonyl (C=O) groups is 2. The van der Waals surface area contributed by atoms with Crippen molar-refractivity contribution in [3.05, 3.63) is 51.8 Å². The van der Waals surface area contributed by atoms with Crippen molar-refractivity contribution >= 4 is 23.3 Å². The summed E-state index contributed by atoms with van der Waals surface area (Å²) in [5, 5.41) is 2.17. The summed E-state index contributed by atoms with van der Waals surface area (Å²) < 4.78 is 1.26. The lowest BCUT2D eigenvalue weighted by Gasteiger charge is -2.32. The van der Waals surface area contributed by atoms with Crippen LogP contribution in [0, 0.1) is 5.92 Å². The van der Waals surface area contributed by atoms with Crippen molar-refractivity contribution < 1.29 is 9.59 Å². The Labute approximate surface area is 150 Å². The standard InChI is InChI=1S/C19H20N4O3/c1-11-3-2-8-22(10-11)12-4-6-13(7-5-12)23-15(24)9-14-16(17(23)20)19(26)21-18(14)25/h4-7,9,11H,2-3,8,10,20H2,1H3,(H,21,25,26). The van der Waals surface area contributed by atoms with Crippen LogP contribution in [0.5, 0.6) is 0 Å². The van der Waals surface area contributed by atoms with E-state index in [0.717, 1.165) is 24.8 Å². The third-order valence-electron chi connectivity index (χ3n) is 5.08. The SMILES string of the molecule is CC1CCCN(c2ccc(-n3c(N)c4c(cc3=O)C(=O)NC4=O)cc2)C1. The minimum Gasteiger partial charge on any atom is -0.384 e. The van der Waals surface area contributed by atoms with Gasteiger partial charge in [-0.1, -0.05) is 6.92 Å². The zero-order chi connectivity index (χ0) is 18.4. The first-order valence-corrected chi connectivity index (χ1v) is 8.72. The number of amides is 2. The number of rotatable bonds is 2. The Kier molecular flexibility index (Phi) is 3.79. The number of hydrogen-bond acceptors (Lipinski definition) is 5. The van der Waals surface area contributed by atoms with E-state index in [4.69, 9.17) is 5.73 Å². The highest BCUT2D eigenvalue weighted by atomic mass is 16.2. The molecule has 0 aliphatic carbocycles. The second kappa shape index (κ2) is 6.01. The fourth-order valence-corrected chi connectivity index (χ4v) is 3.78. The lowest BCUT2D eigenvalue weighted by molar-refractivity contribution is 0.0880. The normalized spacial score (nSPS) is 19.4. The Bertz CT molecular complexity index is 962. The van der Waals surface area contributed by atoms with E-state index in [0.29, 0.717) is 11.6 Å². The average molecular weight is 352 g/mol. The Balaban J connectivity index is 1.73. The van der Waals surface area contributed by atoms with Gasteiger partial charge < -0.3 is 10.6 Å². The molecule has 2 aromatic rings. The number of benzene rings is 1. The van der Waals surface area contributed by atoms with E-state index in [1.807, 2.05) is 24.3 Å². The maximum atomic E-state index is 12.5. The number of pyridine rings is 1. The van der Waals surface area contributed by atoms with Gasteiger partial charge in [-0.15, -0.1) is 0 Å². The number of aromatic nitrogens is 1. The molecule has 1 aromatic heterocycles. The highest BCUT2D eigenvalue weighted by Crippen LogP contribution is 2.26. The van der Waals surface area contributed by atoms with Crippen LogP contribution in [0.25, 0.3) is 5.69 Å². The molecule has 0 saturated carbocycles. The van der Waals surface area contributed by atoms with Crippen LogP contribution in [0.3, 0.4) is 0 Å². The minimum absolute atomic E-state index is 0.0183. The van der Waals surface area contributed by atoms with Crippen LogP contribution in [0.1, 0.15) is 40.5 Å². The number of nitrogens with one attached hydrogen (secondary N) is 1. The number of carbonyl (C=O) groups excluding carboxylic acids is 2. The van der Waals surface area contributed by atoms with Gasteiger partial charge in [0.2, 0.25) is 0 Å². The molecule has 2 aliphatic heterocycles. The number of nitrogen functional groups attached to an aromatic ring is 1. The summed E-state index contributed by atoms with van der Waals surface area (Å²) >= 11 is 0. The van der Waals surface area contributed by atoms with E-state index < -0.39 is 17.4 Å². The zero-order valence-electron chi connectivity index (χ0n) is 14.5. The van der Waals surface area contributed by atoms with Crippen LogP contribution in [0.2, 0.25) is 0 Å². The van der Waals surface area contributed by atoms with Crippen molar-refractivity contribution in [2.24, 2.45) is 5.92 Å². The number of hydrogen-bond donors (Lipinski definition) is 2. The quantitative estimate of drug-likeness (QED) is 0.799. The first-order chi connectivity index (χ1) is 12.5. The molecule has 0 radical (unpaired) electrons. The van der Waals surface area contributed by atoms with Gasteiger partial charge >= 0.3 is 0 Å². The van der Waals surface area contributed by atoms with E-state index in [-0.39, 0.29) is 16.9 Å². The van der Waals surface area contributed by atoms with Crippen LogP contribution in [0.4, 0.5) is 11.5 Å². The molecule has 7 nitrogen and oxygen atoms in total. The first-order valence-electron chi connectivity index (χ1n) is 8.72. The van der Waals surface area contributed by atoms with Crippen molar-refractivity contribution in [2.75, 3.05) is 23.7 Å². The van der Waals surface area contributed by atoms with Crippen LogP contribution in [-0.4, -0.2) is 29.5 Å². The smallest absolute Gasteiger partial charge is 0.262 e. The van der Waals surface area contributed by atoms with Crippen molar-refractivity contribution in [1.29, 1.82) is 0 Å². The van der Waals surface area contributed by atoms with E-state index in [1.165, 1.54) is 17.4 Å². The van der Waals surface area contributed by atoms with Crippen molar-refractivity contribution in [1.82, 2.24) is 9.88 Å². The Morgan fingerprint density at radius 3 is 2.46 bits per heavy atom. The number of piperidine rings is 1. The third kappa shape index (κ3) is 2.56. The van der Waals surface area contributed by atoms with Gasteiger partial charge in [0.1, 0.15) is 5.82 Å². The maximum absolute atomic E-state index is 12.5. The molecule has 0 bridgehead atoms. The van der Waals surface area contributed by atoms with E-state index >= 15 is 0 Å². The molecule has 1 atom stereocenters. The summed E-state index contributed by atoms with van der Waals surface area (Å²) in [4.78, 5) is 38.5. The Morgan fingerprint density at radius 1 is 1.08 bits per heavy atom. The van der Waals surface area contributed by atoms with E-state index in [2.05, 4.69) is 17.1 Å². The maximum Gasteiger partial charge on any atom is 0.262 e. The molecule has 0 spiro atoms. The molecule has 4 rings (SSSR count). The molecule has 1 unspecified atom stereocenters. The van der Waals surface area contributed by atoms with E-state index in [1.54, 1.807) is 0 Å². The molecule has 134 valence electrons. The minimum atomic E-state index is -0.587. The fraction of sp³-hybridized carbons (Fsp3) is 0.316. The van der Waals surface area contributed by atoms with Gasteiger partial charge in [-0.25, -0.2) is 0 Å². The Morgan fingerprint density at radius 2 is 1.77 bits per heavy atom. The second-order valence-electron chi connectivity index (χ2n) is 6.98. The number of nitrogens with zero attached hydrogens (tertiary/aromatic N) is 2. The largest absolute Gasteiger partial charge is 0.384 e. The molecule has 1 aromatic carbocycles. The predicted molar refractivity (Wildman–Crippen MR) is 98.9 cm³/mol. The van der Waals surface area contributed by atoms with Gasteiger partial charge in [0.05, 0.1) is 16.8 Å². The monoisotopic (exact) mass is 352 g/mol. The lowest BCUT2D eigenvalue weighted by Crippen LogP contribution is -2.34. The predicted octanol–water partition coefficient (Wildman–Crippen LogP) is 1.54. The number of imide groups is 1. The average Bonchev–Trinajstić information content (AvgIpc) is 2.89. The van der Waals surface area contributed by atoms with Crippen LogP contribution < -0.4 is 21.5 Å². The van der Waals surface area contributed by atoms with Crippen molar-refractivity contribution in [2.45, 2.75) is 19.8 Å². The summed E-state index contributed by atoms with van der Waals surface area (Å²) in [6.45, 7) is 4.28. The molecular weight excluding hydrogens is 332 g/mol.